The SMILES string of the molecule is O=[N+]([O-])c1ccc(F)c(-c2nc(Br)c(F)c(Br)c2F)c1. The number of hydrogen-bond acceptors (Lipinski definition) is 3. The van der Waals surface area contributed by atoms with Crippen molar-refractivity contribution in [1.82, 2.24) is 4.98 Å². The summed E-state index contributed by atoms with van der Waals surface area (Å²) >= 11 is 5.44. The van der Waals surface area contributed by atoms with Crippen molar-refractivity contribution in [3.63, 3.8) is 0 Å². The number of hydrogen-bond donors (Lipinski definition) is 0. The lowest BCUT2D eigenvalue weighted by molar-refractivity contribution is -0.384. The van der Waals surface area contributed by atoms with Gasteiger partial charge < -0.3 is 0 Å². The monoisotopic (exact) mass is 410 g/mol. The third-order valence-corrected chi connectivity index (χ3v) is 3.62. The van der Waals surface area contributed by atoms with E-state index in [0.717, 1.165) is 18.2 Å². The molecule has 0 bridgehead atoms. The van der Waals surface area contributed by atoms with Crippen LogP contribution in [0.1, 0.15) is 0 Å². The van der Waals surface area contributed by atoms with E-state index in [1.54, 1.807) is 0 Å². The molecule has 1 heterocycles. The number of rotatable bonds is 2. The Hall–Kier alpha value is -1.48. The predicted molar refractivity (Wildman–Crippen MR) is 71.6 cm³/mol. The molecule has 0 atom stereocenters. The minimum absolute atomic E-state index is 0.341. The molecule has 0 saturated heterocycles. The average molecular weight is 412 g/mol. The zero-order valence-electron chi connectivity index (χ0n) is 9.33. The number of non-ortho nitro benzene ring substituents is 1. The van der Waals surface area contributed by atoms with Crippen molar-refractivity contribution in [3.8, 4) is 11.3 Å². The highest BCUT2D eigenvalue weighted by atomic mass is 79.9. The Morgan fingerprint density at radius 3 is 2.40 bits per heavy atom. The van der Waals surface area contributed by atoms with Crippen molar-refractivity contribution in [2.75, 3.05) is 0 Å². The van der Waals surface area contributed by atoms with E-state index in [4.69, 9.17) is 0 Å². The van der Waals surface area contributed by atoms with Crippen LogP contribution in [0.4, 0.5) is 18.9 Å². The van der Waals surface area contributed by atoms with Crippen LogP contribution in [0.15, 0.2) is 27.3 Å². The molecule has 9 heteroatoms. The van der Waals surface area contributed by atoms with Gasteiger partial charge in [0.25, 0.3) is 5.69 Å². The summed E-state index contributed by atoms with van der Waals surface area (Å²) < 4.78 is 40.2. The molecule has 2 rings (SSSR count). The molecular weight excluding hydrogens is 409 g/mol. The molecule has 4 nitrogen and oxygen atoms in total. The summed E-state index contributed by atoms with van der Waals surface area (Å²) in [5, 5.41) is 10.7. The lowest BCUT2D eigenvalue weighted by Gasteiger charge is -2.07. The van der Waals surface area contributed by atoms with Crippen LogP contribution >= 0.6 is 31.9 Å². The first kappa shape index (κ1) is 14.9. The molecule has 0 aliphatic carbocycles. The van der Waals surface area contributed by atoms with Gasteiger partial charge in [0.2, 0.25) is 0 Å². The standard InChI is InChI=1S/C11H3Br2F3N2O2/c12-7-8(15)10(17-11(13)9(7)16)5-3-4(18(19)20)1-2-6(5)14/h1-3H. The van der Waals surface area contributed by atoms with Crippen LogP contribution in [0, 0.1) is 27.6 Å². The molecule has 0 amide bonds. The Bertz CT molecular complexity index is 725. The normalized spacial score (nSPS) is 10.7. The van der Waals surface area contributed by atoms with E-state index < -0.39 is 43.8 Å². The lowest BCUT2D eigenvalue weighted by atomic mass is 10.1. The zero-order chi connectivity index (χ0) is 15.0. The average Bonchev–Trinajstić information content (AvgIpc) is 2.41. The van der Waals surface area contributed by atoms with Gasteiger partial charge in [0.05, 0.1) is 9.40 Å². The number of nitro groups is 1. The van der Waals surface area contributed by atoms with E-state index in [1.165, 1.54) is 0 Å². The highest BCUT2D eigenvalue weighted by Crippen LogP contribution is 2.34. The summed E-state index contributed by atoms with van der Waals surface area (Å²) in [4.78, 5) is 13.4. The largest absolute Gasteiger partial charge is 0.270 e. The van der Waals surface area contributed by atoms with Crippen molar-refractivity contribution < 1.29 is 18.1 Å². The molecule has 1 aromatic heterocycles. The number of aromatic nitrogens is 1. The van der Waals surface area contributed by atoms with Gasteiger partial charge in [-0.15, -0.1) is 0 Å². The fraction of sp³-hybridized carbons (Fsp3) is 0. The second kappa shape index (κ2) is 5.49. The van der Waals surface area contributed by atoms with Gasteiger partial charge in [-0.1, -0.05) is 0 Å². The molecule has 104 valence electrons. The smallest absolute Gasteiger partial charge is 0.258 e. The molecular formula is C11H3Br2F3N2O2. The Labute approximate surface area is 127 Å². The van der Waals surface area contributed by atoms with Gasteiger partial charge in [0, 0.05) is 17.7 Å². The number of pyridine rings is 1. The van der Waals surface area contributed by atoms with Crippen LogP contribution in [0.3, 0.4) is 0 Å². The van der Waals surface area contributed by atoms with E-state index in [9.17, 15) is 23.3 Å². The van der Waals surface area contributed by atoms with Gasteiger partial charge in [0.1, 0.15) is 16.1 Å². The van der Waals surface area contributed by atoms with Gasteiger partial charge in [0.15, 0.2) is 11.6 Å². The van der Waals surface area contributed by atoms with Crippen LogP contribution in [0.5, 0.6) is 0 Å². The lowest BCUT2D eigenvalue weighted by Crippen LogP contribution is -1.99. The molecule has 0 aliphatic rings. The van der Waals surface area contributed by atoms with Crippen LogP contribution in [-0.4, -0.2) is 9.91 Å². The van der Waals surface area contributed by atoms with Gasteiger partial charge in [-0.25, -0.2) is 18.2 Å². The molecule has 0 radical (unpaired) electrons. The summed E-state index contributed by atoms with van der Waals surface area (Å²) in [5.41, 5.74) is -1.40. The molecule has 0 spiro atoms. The molecule has 2 aromatic rings. The Kier molecular flexibility index (Phi) is 4.09. The summed E-state index contributed by atoms with van der Waals surface area (Å²) in [7, 11) is 0. The second-order valence-electron chi connectivity index (χ2n) is 3.61. The Morgan fingerprint density at radius 2 is 1.80 bits per heavy atom. The number of nitrogens with zero attached hydrogens (tertiary/aromatic N) is 2. The maximum Gasteiger partial charge on any atom is 0.270 e. The minimum Gasteiger partial charge on any atom is -0.258 e. The molecule has 0 aliphatic heterocycles. The van der Waals surface area contributed by atoms with E-state index in [2.05, 4.69) is 36.8 Å². The highest BCUT2D eigenvalue weighted by Gasteiger charge is 2.22. The van der Waals surface area contributed by atoms with E-state index in [-0.39, 0.29) is 4.60 Å². The third kappa shape index (κ3) is 2.55. The minimum atomic E-state index is -1.15. The summed E-state index contributed by atoms with van der Waals surface area (Å²) in [6.07, 6.45) is 0. The van der Waals surface area contributed by atoms with Gasteiger partial charge in [-0.2, -0.15) is 0 Å². The van der Waals surface area contributed by atoms with Crippen molar-refractivity contribution in [1.29, 1.82) is 0 Å². The highest BCUT2D eigenvalue weighted by molar-refractivity contribution is 9.11. The molecule has 0 unspecified atom stereocenters. The van der Waals surface area contributed by atoms with Crippen molar-refractivity contribution in [2.45, 2.75) is 0 Å². The summed E-state index contributed by atoms with van der Waals surface area (Å²) in [5.74, 6) is -3.05. The fourth-order valence-electron chi connectivity index (χ4n) is 1.47. The van der Waals surface area contributed by atoms with Crippen LogP contribution in [0.25, 0.3) is 11.3 Å². The van der Waals surface area contributed by atoms with E-state index in [1.807, 2.05) is 0 Å². The van der Waals surface area contributed by atoms with Crippen molar-refractivity contribution in [3.05, 3.63) is 54.8 Å². The molecule has 0 fully saturated rings. The first-order valence-electron chi connectivity index (χ1n) is 4.97. The first-order chi connectivity index (χ1) is 9.32. The van der Waals surface area contributed by atoms with Gasteiger partial charge >= 0.3 is 0 Å². The molecule has 0 N–H and O–H groups in total. The number of benzene rings is 1. The van der Waals surface area contributed by atoms with Crippen molar-refractivity contribution in [2.24, 2.45) is 0 Å². The predicted octanol–water partition coefficient (Wildman–Crippen LogP) is 4.60. The topological polar surface area (TPSA) is 56.0 Å². The number of halogens is 5. The Balaban J connectivity index is 2.74. The molecule has 0 saturated carbocycles. The maximum absolute atomic E-state index is 13.9. The summed E-state index contributed by atoms with van der Waals surface area (Å²) in [6, 6.07) is 2.58. The van der Waals surface area contributed by atoms with Crippen LogP contribution in [0.2, 0.25) is 0 Å². The molecule has 20 heavy (non-hydrogen) atoms. The van der Waals surface area contributed by atoms with E-state index >= 15 is 0 Å². The fourth-order valence-corrected chi connectivity index (χ4v) is 2.49. The Morgan fingerprint density at radius 1 is 1.15 bits per heavy atom. The zero-order valence-corrected chi connectivity index (χ0v) is 12.5. The van der Waals surface area contributed by atoms with Crippen molar-refractivity contribution >= 4 is 37.5 Å². The van der Waals surface area contributed by atoms with Gasteiger partial charge in [-0.3, -0.25) is 10.1 Å². The second-order valence-corrected chi connectivity index (χ2v) is 5.16. The van der Waals surface area contributed by atoms with Gasteiger partial charge in [-0.05, 0) is 37.9 Å². The summed E-state index contributed by atoms with van der Waals surface area (Å²) in [6.45, 7) is 0. The number of nitro benzene ring substituents is 1. The molecule has 1 aromatic carbocycles. The van der Waals surface area contributed by atoms with E-state index in [0.29, 0.717) is 0 Å². The quantitative estimate of drug-likeness (QED) is 0.412. The third-order valence-electron chi connectivity index (χ3n) is 2.40. The first-order valence-corrected chi connectivity index (χ1v) is 6.55. The maximum atomic E-state index is 13.9. The van der Waals surface area contributed by atoms with Crippen LogP contribution < -0.4 is 0 Å². The van der Waals surface area contributed by atoms with Crippen LogP contribution in [-0.2, 0) is 0 Å².